The first-order valence-corrected chi connectivity index (χ1v) is 4.17. The van der Waals surface area contributed by atoms with E-state index < -0.39 is 17.5 Å². The van der Waals surface area contributed by atoms with Crippen LogP contribution in [-0.4, -0.2) is 22.6 Å². The van der Waals surface area contributed by atoms with Gasteiger partial charge in [0.2, 0.25) is 0 Å². The minimum absolute atomic E-state index is 0.0253. The van der Waals surface area contributed by atoms with Crippen LogP contribution in [0.3, 0.4) is 0 Å². The normalized spacial score (nSPS) is 9.67. The van der Waals surface area contributed by atoms with Gasteiger partial charge in [-0.15, -0.1) is 0 Å². The summed E-state index contributed by atoms with van der Waals surface area (Å²) in [5.74, 6) is -1.07. The molecule has 0 radical (unpaired) electrons. The smallest absolute Gasteiger partial charge is 0.341 e. The van der Waals surface area contributed by atoms with E-state index in [1.165, 1.54) is 12.1 Å². The summed E-state index contributed by atoms with van der Waals surface area (Å²) in [7, 11) is 0. The molecule has 0 saturated heterocycles. The fraction of sp³-hybridized carbons (Fsp3) is 0.125. The molecule has 0 aromatic heterocycles. The van der Waals surface area contributed by atoms with Crippen LogP contribution in [0.15, 0.2) is 18.2 Å². The number of nitro groups is 1. The maximum absolute atomic E-state index is 10.5. The van der Waals surface area contributed by atoms with Crippen molar-refractivity contribution in [2.24, 2.45) is 0 Å². The number of benzene rings is 1. The van der Waals surface area contributed by atoms with Crippen molar-refractivity contribution < 1.29 is 19.6 Å². The number of halogens is 1. The second-order valence-electron chi connectivity index (χ2n) is 2.55. The fourth-order valence-corrected chi connectivity index (χ4v) is 1.05. The summed E-state index contributed by atoms with van der Waals surface area (Å²) in [4.78, 5) is 20.0. The molecular weight excluding hydrogens is 226 g/mol. The molecule has 0 aliphatic carbocycles. The molecule has 0 aliphatic rings. The van der Waals surface area contributed by atoms with Crippen molar-refractivity contribution in [3.8, 4) is 5.75 Å². The van der Waals surface area contributed by atoms with E-state index in [1.54, 1.807) is 0 Å². The summed E-state index contributed by atoms with van der Waals surface area (Å²) in [5.41, 5.74) is -0.320. The standard InChI is InChI=1S/C8H6ClNO5/c9-6-2-1-5(15-4-8(11)12)3-7(6)10(13)14/h1-3H,4H2,(H,11,12). The van der Waals surface area contributed by atoms with Gasteiger partial charge in [0.25, 0.3) is 5.69 Å². The molecule has 0 fully saturated rings. The molecule has 7 heteroatoms. The molecule has 1 aromatic rings. The largest absolute Gasteiger partial charge is 0.482 e. The quantitative estimate of drug-likeness (QED) is 0.629. The molecule has 1 N–H and O–H groups in total. The second-order valence-corrected chi connectivity index (χ2v) is 2.96. The highest BCUT2D eigenvalue weighted by atomic mass is 35.5. The molecule has 0 bridgehead atoms. The van der Waals surface area contributed by atoms with E-state index in [1.807, 2.05) is 0 Å². The third kappa shape index (κ3) is 3.10. The number of hydrogen-bond acceptors (Lipinski definition) is 4. The van der Waals surface area contributed by atoms with Crippen molar-refractivity contribution in [3.63, 3.8) is 0 Å². The molecule has 0 unspecified atom stereocenters. The number of nitro benzene ring substituents is 1. The lowest BCUT2D eigenvalue weighted by molar-refractivity contribution is -0.384. The van der Waals surface area contributed by atoms with Crippen molar-refractivity contribution in [3.05, 3.63) is 33.3 Å². The lowest BCUT2D eigenvalue weighted by atomic mass is 10.3. The van der Waals surface area contributed by atoms with Gasteiger partial charge in [-0.3, -0.25) is 10.1 Å². The van der Waals surface area contributed by atoms with Gasteiger partial charge in [0.05, 0.1) is 11.0 Å². The molecule has 0 spiro atoms. The Morgan fingerprint density at radius 2 is 2.27 bits per heavy atom. The third-order valence-corrected chi connectivity index (χ3v) is 1.80. The van der Waals surface area contributed by atoms with Crippen LogP contribution in [0.1, 0.15) is 0 Å². The summed E-state index contributed by atoms with van der Waals surface area (Å²) >= 11 is 5.54. The Morgan fingerprint density at radius 1 is 1.60 bits per heavy atom. The number of carboxylic acids is 1. The fourth-order valence-electron chi connectivity index (χ4n) is 0.867. The molecular formula is C8H6ClNO5. The van der Waals surface area contributed by atoms with Crippen molar-refractivity contribution in [2.45, 2.75) is 0 Å². The number of carboxylic acid groups (broad SMARTS) is 1. The van der Waals surface area contributed by atoms with Gasteiger partial charge in [0.1, 0.15) is 10.8 Å². The molecule has 0 heterocycles. The molecule has 0 atom stereocenters. The Bertz CT molecular complexity index is 406. The highest BCUT2D eigenvalue weighted by Gasteiger charge is 2.13. The zero-order chi connectivity index (χ0) is 11.4. The lowest BCUT2D eigenvalue weighted by Gasteiger charge is -2.02. The van der Waals surface area contributed by atoms with Crippen LogP contribution in [0.5, 0.6) is 5.75 Å². The minimum atomic E-state index is -1.16. The summed E-state index contributed by atoms with van der Waals surface area (Å²) in [6.45, 7) is -0.557. The van der Waals surface area contributed by atoms with E-state index in [9.17, 15) is 14.9 Å². The Morgan fingerprint density at radius 3 is 2.80 bits per heavy atom. The molecule has 1 aromatic carbocycles. The number of nitrogens with zero attached hydrogens (tertiary/aromatic N) is 1. The number of aliphatic carboxylic acids is 1. The SMILES string of the molecule is O=C(O)COc1ccc(Cl)c([N+](=O)[O-])c1. The molecule has 1 rings (SSSR count). The summed E-state index contributed by atoms with van der Waals surface area (Å²) in [6, 6.07) is 3.71. The van der Waals surface area contributed by atoms with Crippen molar-refractivity contribution in [2.75, 3.05) is 6.61 Å². The number of carbonyl (C=O) groups is 1. The predicted molar refractivity (Wildman–Crippen MR) is 51.2 cm³/mol. The zero-order valence-corrected chi connectivity index (χ0v) is 8.10. The monoisotopic (exact) mass is 231 g/mol. The zero-order valence-electron chi connectivity index (χ0n) is 7.34. The van der Waals surface area contributed by atoms with Gasteiger partial charge in [0, 0.05) is 0 Å². The van der Waals surface area contributed by atoms with E-state index >= 15 is 0 Å². The molecule has 0 saturated carbocycles. The van der Waals surface area contributed by atoms with Crippen LogP contribution in [0.4, 0.5) is 5.69 Å². The first-order chi connectivity index (χ1) is 7.00. The molecule has 6 nitrogen and oxygen atoms in total. The second kappa shape index (κ2) is 4.61. The Kier molecular flexibility index (Phi) is 3.46. The van der Waals surface area contributed by atoms with Crippen LogP contribution in [0.2, 0.25) is 5.02 Å². The maximum atomic E-state index is 10.5. The van der Waals surface area contributed by atoms with Gasteiger partial charge in [0.15, 0.2) is 6.61 Å². The number of hydrogen-bond donors (Lipinski definition) is 1. The number of rotatable bonds is 4. The van der Waals surface area contributed by atoms with Crippen LogP contribution >= 0.6 is 11.6 Å². The molecule has 0 amide bonds. The minimum Gasteiger partial charge on any atom is -0.482 e. The Hall–Kier alpha value is -1.82. The van der Waals surface area contributed by atoms with Crippen LogP contribution in [-0.2, 0) is 4.79 Å². The maximum Gasteiger partial charge on any atom is 0.341 e. The Balaban J connectivity index is 2.87. The highest BCUT2D eigenvalue weighted by Crippen LogP contribution is 2.28. The summed E-state index contributed by atoms with van der Waals surface area (Å²) in [5, 5.41) is 18.8. The third-order valence-electron chi connectivity index (χ3n) is 1.48. The average molecular weight is 232 g/mol. The molecule has 0 aliphatic heterocycles. The van der Waals surface area contributed by atoms with E-state index in [4.69, 9.17) is 21.4 Å². The van der Waals surface area contributed by atoms with Gasteiger partial charge in [-0.25, -0.2) is 4.79 Å². The summed E-state index contributed by atoms with van der Waals surface area (Å²) in [6.07, 6.45) is 0. The van der Waals surface area contributed by atoms with Gasteiger partial charge in [-0.05, 0) is 12.1 Å². The first-order valence-electron chi connectivity index (χ1n) is 3.79. The van der Waals surface area contributed by atoms with Gasteiger partial charge in [-0.1, -0.05) is 11.6 Å². The van der Waals surface area contributed by atoms with E-state index in [0.29, 0.717) is 0 Å². The van der Waals surface area contributed by atoms with Crippen molar-refractivity contribution in [1.82, 2.24) is 0 Å². The van der Waals surface area contributed by atoms with Crippen LogP contribution < -0.4 is 4.74 Å². The summed E-state index contributed by atoms with van der Waals surface area (Å²) < 4.78 is 4.75. The van der Waals surface area contributed by atoms with Crippen molar-refractivity contribution in [1.29, 1.82) is 0 Å². The van der Waals surface area contributed by atoms with Crippen LogP contribution in [0, 0.1) is 10.1 Å². The van der Waals surface area contributed by atoms with E-state index in [2.05, 4.69) is 0 Å². The van der Waals surface area contributed by atoms with Gasteiger partial charge < -0.3 is 9.84 Å². The van der Waals surface area contributed by atoms with Crippen LogP contribution in [0.25, 0.3) is 0 Å². The first kappa shape index (κ1) is 11.3. The number of ether oxygens (including phenoxy) is 1. The Labute approximate surface area is 89.2 Å². The van der Waals surface area contributed by atoms with Gasteiger partial charge >= 0.3 is 5.97 Å². The average Bonchev–Trinajstić information content (AvgIpc) is 2.16. The van der Waals surface area contributed by atoms with E-state index in [-0.39, 0.29) is 16.5 Å². The lowest BCUT2D eigenvalue weighted by Crippen LogP contribution is -2.09. The van der Waals surface area contributed by atoms with Crippen molar-refractivity contribution >= 4 is 23.3 Å². The van der Waals surface area contributed by atoms with E-state index in [0.717, 1.165) is 6.07 Å². The molecule has 80 valence electrons. The highest BCUT2D eigenvalue weighted by molar-refractivity contribution is 6.32. The van der Waals surface area contributed by atoms with Gasteiger partial charge in [-0.2, -0.15) is 0 Å². The molecule has 15 heavy (non-hydrogen) atoms. The topological polar surface area (TPSA) is 89.7 Å². The predicted octanol–water partition coefficient (Wildman–Crippen LogP) is 1.71.